The number of hydrogen-bond donors (Lipinski definition) is 1. The molecule has 3 heteroatoms. The van der Waals surface area contributed by atoms with Crippen LogP contribution in [0.1, 0.15) is 16.7 Å². The van der Waals surface area contributed by atoms with Crippen LogP contribution in [-0.4, -0.2) is 6.04 Å². The van der Waals surface area contributed by atoms with Gasteiger partial charge < -0.3 is 5.73 Å². The predicted octanol–water partition coefficient (Wildman–Crippen LogP) is 4.01. The van der Waals surface area contributed by atoms with Gasteiger partial charge in [0.25, 0.3) is 0 Å². The molecule has 1 atom stereocenters. The monoisotopic (exact) mass is 321 g/mol. The fourth-order valence-corrected chi connectivity index (χ4v) is 2.64. The molecule has 0 saturated carbocycles. The lowest BCUT2D eigenvalue weighted by Gasteiger charge is -2.14. The second-order valence-electron chi connectivity index (χ2n) is 4.83. The summed E-state index contributed by atoms with van der Waals surface area (Å²) in [5.74, 6) is -0.194. The molecule has 2 N–H and O–H groups in total. The number of aryl methyl sites for hydroxylation is 1. The summed E-state index contributed by atoms with van der Waals surface area (Å²) < 4.78 is 14.1. The van der Waals surface area contributed by atoms with E-state index in [0.29, 0.717) is 0 Å². The van der Waals surface area contributed by atoms with E-state index in [-0.39, 0.29) is 11.9 Å². The molecule has 2 aromatic carbocycles. The summed E-state index contributed by atoms with van der Waals surface area (Å²) in [7, 11) is 0. The molecule has 0 aromatic heterocycles. The van der Waals surface area contributed by atoms with Crippen LogP contribution < -0.4 is 5.73 Å². The lowest BCUT2D eigenvalue weighted by Crippen LogP contribution is -2.26. The van der Waals surface area contributed by atoms with E-state index in [0.717, 1.165) is 28.4 Å². The quantitative estimate of drug-likeness (QED) is 0.904. The van der Waals surface area contributed by atoms with E-state index >= 15 is 0 Å². The first kappa shape index (κ1) is 14.2. The lowest BCUT2D eigenvalue weighted by atomic mass is 9.97. The van der Waals surface area contributed by atoms with Gasteiger partial charge in [0.2, 0.25) is 0 Å². The second-order valence-corrected chi connectivity index (χ2v) is 5.68. The predicted molar refractivity (Wildman–Crippen MR) is 80.7 cm³/mol. The van der Waals surface area contributed by atoms with Crippen LogP contribution in [0.15, 0.2) is 46.9 Å². The Labute approximate surface area is 121 Å². The molecule has 1 unspecified atom stereocenters. The molecule has 0 heterocycles. The topological polar surface area (TPSA) is 26.0 Å². The molecule has 0 aliphatic rings. The molecule has 0 radical (unpaired) electrons. The van der Waals surface area contributed by atoms with E-state index in [1.165, 1.54) is 11.6 Å². The highest BCUT2D eigenvalue weighted by Gasteiger charge is 2.09. The van der Waals surface area contributed by atoms with Crippen LogP contribution in [0.25, 0.3) is 0 Å². The van der Waals surface area contributed by atoms with E-state index in [9.17, 15) is 4.39 Å². The van der Waals surface area contributed by atoms with Crippen LogP contribution in [-0.2, 0) is 12.8 Å². The van der Waals surface area contributed by atoms with Crippen molar-refractivity contribution in [1.82, 2.24) is 0 Å². The first-order valence-electron chi connectivity index (χ1n) is 6.30. The Morgan fingerprint density at radius 3 is 2.47 bits per heavy atom. The number of halogens is 2. The van der Waals surface area contributed by atoms with E-state index in [4.69, 9.17) is 5.73 Å². The maximum absolute atomic E-state index is 13.0. The summed E-state index contributed by atoms with van der Waals surface area (Å²) >= 11 is 3.53. The zero-order valence-electron chi connectivity index (χ0n) is 10.9. The molecule has 0 fully saturated rings. The van der Waals surface area contributed by atoms with Gasteiger partial charge in [0.1, 0.15) is 5.82 Å². The van der Waals surface area contributed by atoms with Crippen molar-refractivity contribution in [2.75, 3.05) is 0 Å². The standard InChI is InChI=1S/C16H17BrFN/c1-11-8-14(18)7-6-12(11)9-15(19)10-13-4-2-3-5-16(13)17/h2-8,15H,9-10,19H2,1H3. The van der Waals surface area contributed by atoms with Gasteiger partial charge in [-0.2, -0.15) is 0 Å². The Balaban J connectivity index is 2.05. The Morgan fingerprint density at radius 1 is 1.11 bits per heavy atom. The van der Waals surface area contributed by atoms with Crippen molar-refractivity contribution < 1.29 is 4.39 Å². The van der Waals surface area contributed by atoms with Gasteiger partial charge in [-0.15, -0.1) is 0 Å². The molecule has 0 spiro atoms. The van der Waals surface area contributed by atoms with Crippen molar-refractivity contribution >= 4 is 15.9 Å². The van der Waals surface area contributed by atoms with Gasteiger partial charge in [0.15, 0.2) is 0 Å². The number of hydrogen-bond acceptors (Lipinski definition) is 1. The first-order chi connectivity index (χ1) is 9.06. The summed E-state index contributed by atoms with van der Waals surface area (Å²) in [4.78, 5) is 0. The third kappa shape index (κ3) is 3.88. The highest BCUT2D eigenvalue weighted by atomic mass is 79.9. The fourth-order valence-electron chi connectivity index (χ4n) is 2.19. The highest BCUT2D eigenvalue weighted by Crippen LogP contribution is 2.19. The van der Waals surface area contributed by atoms with Crippen molar-refractivity contribution in [2.45, 2.75) is 25.8 Å². The van der Waals surface area contributed by atoms with Crippen LogP contribution in [0, 0.1) is 12.7 Å². The molecule has 0 amide bonds. The summed E-state index contributed by atoms with van der Waals surface area (Å²) in [6.45, 7) is 1.92. The minimum absolute atomic E-state index is 0.0304. The fraction of sp³-hybridized carbons (Fsp3) is 0.250. The Kier molecular flexibility index (Phi) is 4.72. The molecule has 1 nitrogen and oxygen atoms in total. The Bertz CT molecular complexity index is 568. The molecule has 0 aliphatic carbocycles. The third-order valence-electron chi connectivity index (χ3n) is 3.23. The maximum atomic E-state index is 13.0. The zero-order valence-corrected chi connectivity index (χ0v) is 12.5. The summed E-state index contributed by atoms with van der Waals surface area (Å²) in [6, 6.07) is 13.0. The van der Waals surface area contributed by atoms with Crippen molar-refractivity contribution in [3.05, 3.63) is 69.4 Å². The van der Waals surface area contributed by atoms with E-state index in [1.807, 2.05) is 31.2 Å². The van der Waals surface area contributed by atoms with Gasteiger partial charge in [-0.05, 0) is 54.7 Å². The van der Waals surface area contributed by atoms with Gasteiger partial charge in [-0.3, -0.25) is 0 Å². The molecule has 0 bridgehead atoms. The Hall–Kier alpha value is -1.19. The first-order valence-corrected chi connectivity index (χ1v) is 7.09. The SMILES string of the molecule is Cc1cc(F)ccc1CC(N)Cc1ccccc1Br. The molecular formula is C16H17BrFN. The summed E-state index contributed by atoms with van der Waals surface area (Å²) in [6.07, 6.45) is 1.56. The molecule has 100 valence electrons. The van der Waals surface area contributed by atoms with Gasteiger partial charge in [-0.25, -0.2) is 4.39 Å². The number of rotatable bonds is 4. The smallest absolute Gasteiger partial charge is 0.123 e. The van der Waals surface area contributed by atoms with Crippen LogP contribution in [0.5, 0.6) is 0 Å². The van der Waals surface area contributed by atoms with Crippen LogP contribution >= 0.6 is 15.9 Å². The largest absolute Gasteiger partial charge is 0.327 e. The van der Waals surface area contributed by atoms with Crippen LogP contribution in [0.3, 0.4) is 0 Å². The van der Waals surface area contributed by atoms with Gasteiger partial charge in [0, 0.05) is 10.5 Å². The average Bonchev–Trinajstić information content (AvgIpc) is 2.36. The van der Waals surface area contributed by atoms with Crippen molar-refractivity contribution in [1.29, 1.82) is 0 Å². The normalized spacial score (nSPS) is 12.4. The van der Waals surface area contributed by atoms with Crippen LogP contribution in [0.4, 0.5) is 4.39 Å². The highest BCUT2D eigenvalue weighted by molar-refractivity contribution is 9.10. The average molecular weight is 322 g/mol. The summed E-state index contributed by atoms with van der Waals surface area (Å²) in [5, 5.41) is 0. The minimum atomic E-state index is -0.194. The minimum Gasteiger partial charge on any atom is -0.327 e. The second kappa shape index (κ2) is 6.31. The van der Waals surface area contributed by atoms with E-state index in [1.54, 1.807) is 6.07 Å². The number of nitrogens with two attached hydrogens (primary N) is 1. The molecule has 2 aromatic rings. The number of benzene rings is 2. The molecule has 0 aliphatic heterocycles. The van der Waals surface area contributed by atoms with Gasteiger partial charge in [0.05, 0.1) is 0 Å². The molecule has 19 heavy (non-hydrogen) atoms. The van der Waals surface area contributed by atoms with Crippen molar-refractivity contribution in [2.24, 2.45) is 5.73 Å². The molecule has 2 rings (SSSR count). The van der Waals surface area contributed by atoms with Crippen LogP contribution in [0.2, 0.25) is 0 Å². The zero-order chi connectivity index (χ0) is 13.8. The molecular weight excluding hydrogens is 305 g/mol. The summed E-state index contributed by atoms with van der Waals surface area (Å²) in [5.41, 5.74) is 9.48. The molecule has 0 saturated heterocycles. The third-order valence-corrected chi connectivity index (χ3v) is 4.00. The van der Waals surface area contributed by atoms with E-state index in [2.05, 4.69) is 22.0 Å². The van der Waals surface area contributed by atoms with E-state index < -0.39 is 0 Å². The van der Waals surface area contributed by atoms with Crippen molar-refractivity contribution in [3.8, 4) is 0 Å². The van der Waals surface area contributed by atoms with Gasteiger partial charge in [-0.1, -0.05) is 40.2 Å². The van der Waals surface area contributed by atoms with Crippen molar-refractivity contribution in [3.63, 3.8) is 0 Å². The van der Waals surface area contributed by atoms with Gasteiger partial charge >= 0.3 is 0 Å². The Morgan fingerprint density at radius 2 is 1.79 bits per heavy atom. The maximum Gasteiger partial charge on any atom is 0.123 e. The lowest BCUT2D eigenvalue weighted by molar-refractivity contribution is 0.621.